The molecule has 1 saturated carbocycles. The summed E-state index contributed by atoms with van der Waals surface area (Å²) < 4.78 is 0. The SMILES string of the molecule is Cl.NCC(=O)NC1CC(c2ccccc2)C1. The Labute approximate surface area is 102 Å². The van der Waals surface area contributed by atoms with E-state index in [2.05, 4.69) is 29.6 Å². The summed E-state index contributed by atoms with van der Waals surface area (Å²) in [7, 11) is 0. The first-order valence-electron chi connectivity index (χ1n) is 5.34. The molecule has 4 heteroatoms. The first-order valence-corrected chi connectivity index (χ1v) is 5.34. The molecular weight excluding hydrogens is 224 g/mol. The maximum Gasteiger partial charge on any atom is 0.233 e. The molecule has 3 N–H and O–H groups in total. The van der Waals surface area contributed by atoms with Crippen molar-refractivity contribution in [2.24, 2.45) is 5.73 Å². The molecule has 0 heterocycles. The molecule has 2 rings (SSSR count). The minimum atomic E-state index is -0.0495. The average molecular weight is 241 g/mol. The van der Waals surface area contributed by atoms with Gasteiger partial charge in [-0.25, -0.2) is 0 Å². The largest absolute Gasteiger partial charge is 0.352 e. The lowest BCUT2D eigenvalue weighted by Crippen LogP contribution is -2.45. The van der Waals surface area contributed by atoms with Crippen LogP contribution >= 0.6 is 12.4 Å². The van der Waals surface area contributed by atoms with Crippen molar-refractivity contribution < 1.29 is 4.79 Å². The second-order valence-electron chi connectivity index (χ2n) is 4.05. The van der Waals surface area contributed by atoms with Gasteiger partial charge < -0.3 is 11.1 Å². The van der Waals surface area contributed by atoms with Crippen LogP contribution in [-0.2, 0) is 4.79 Å². The number of hydrogen-bond acceptors (Lipinski definition) is 2. The summed E-state index contributed by atoms with van der Waals surface area (Å²) in [4.78, 5) is 11.0. The molecule has 0 unspecified atom stereocenters. The summed E-state index contributed by atoms with van der Waals surface area (Å²) in [6.07, 6.45) is 2.07. The third-order valence-electron chi connectivity index (χ3n) is 2.96. The van der Waals surface area contributed by atoms with Crippen molar-refractivity contribution in [1.29, 1.82) is 0 Å². The standard InChI is InChI=1S/C12H16N2O.ClH/c13-8-12(15)14-11-6-10(7-11)9-4-2-1-3-5-9;/h1-5,10-11H,6-8,13H2,(H,14,15);1H. The van der Waals surface area contributed by atoms with Crippen LogP contribution in [0.3, 0.4) is 0 Å². The number of rotatable bonds is 3. The van der Waals surface area contributed by atoms with E-state index in [0.29, 0.717) is 12.0 Å². The van der Waals surface area contributed by atoms with Crippen LogP contribution in [0.15, 0.2) is 30.3 Å². The van der Waals surface area contributed by atoms with Gasteiger partial charge in [-0.05, 0) is 24.3 Å². The summed E-state index contributed by atoms with van der Waals surface area (Å²) in [5, 5.41) is 2.90. The Hall–Kier alpha value is -1.06. The molecule has 1 amide bonds. The summed E-state index contributed by atoms with van der Waals surface area (Å²) >= 11 is 0. The van der Waals surface area contributed by atoms with Gasteiger partial charge in [-0.15, -0.1) is 12.4 Å². The van der Waals surface area contributed by atoms with Crippen LogP contribution in [0, 0.1) is 0 Å². The molecule has 88 valence electrons. The average Bonchev–Trinajstić information content (AvgIpc) is 2.23. The monoisotopic (exact) mass is 240 g/mol. The number of halogens is 1. The third kappa shape index (κ3) is 2.97. The lowest BCUT2D eigenvalue weighted by molar-refractivity contribution is -0.121. The van der Waals surface area contributed by atoms with Gasteiger partial charge in [-0.3, -0.25) is 4.79 Å². The Morgan fingerprint density at radius 2 is 1.94 bits per heavy atom. The van der Waals surface area contributed by atoms with Crippen molar-refractivity contribution in [1.82, 2.24) is 5.32 Å². The van der Waals surface area contributed by atoms with E-state index in [-0.39, 0.29) is 24.9 Å². The van der Waals surface area contributed by atoms with E-state index >= 15 is 0 Å². The molecule has 1 fully saturated rings. The first-order chi connectivity index (χ1) is 7.29. The number of carbonyl (C=O) groups excluding carboxylic acids is 1. The van der Waals surface area contributed by atoms with E-state index in [1.165, 1.54) is 5.56 Å². The van der Waals surface area contributed by atoms with Gasteiger partial charge >= 0.3 is 0 Å². The predicted molar refractivity (Wildman–Crippen MR) is 66.7 cm³/mol. The molecular formula is C12H17ClN2O. The lowest BCUT2D eigenvalue weighted by atomic mass is 9.76. The Kier molecular flexibility index (Phi) is 4.77. The number of carbonyl (C=O) groups is 1. The van der Waals surface area contributed by atoms with E-state index in [1.54, 1.807) is 0 Å². The second kappa shape index (κ2) is 5.87. The Morgan fingerprint density at radius 1 is 1.31 bits per heavy atom. The molecule has 16 heavy (non-hydrogen) atoms. The van der Waals surface area contributed by atoms with Crippen molar-refractivity contribution in [3.8, 4) is 0 Å². The van der Waals surface area contributed by atoms with Crippen molar-refractivity contribution >= 4 is 18.3 Å². The highest BCUT2D eigenvalue weighted by atomic mass is 35.5. The zero-order valence-corrected chi connectivity index (χ0v) is 9.87. The molecule has 0 radical (unpaired) electrons. The van der Waals surface area contributed by atoms with Crippen LogP contribution in [-0.4, -0.2) is 18.5 Å². The van der Waals surface area contributed by atoms with Crippen LogP contribution in [0.25, 0.3) is 0 Å². The second-order valence-corrected chi connectivity index (χ2v) is 4.05. The van der Waals surface area contributed by atoms with Gasteiger partial charge in [-0.2, -0.15) is 0 Å². The fraction of sp³-hybridized carbons (Fsp3) is 0.417. The lowest BCUT2D eigenvalue weighted by Gasteiger charge is -2.36. The van der Waals surface area contributed by atoms with E-state index in [4.69, 9.17) is 5.73 Å². The van der Waals surface area contributed by atoms with E-state index in [1.807, 2.05) is 6.07 Å². The number of amides is 1. The first kappa shape index (κ1) is 13.0. The molecule has 0 saturated heterocycles. The zero-order valence-electron chi connectivity index (χ0n) is 9.06. The highest BCUT2D eigenvalue weighted by molar-refractivity contribution is 5.85. The maximum atomic E-state index is 11.0. The molecule has 1 aromatic rings. The molecule has 0 bridgehead atoms. The van der Waals surface area contributed by atoms with Gasteiger partial charge in [-0.1, -0.05) is 30.3 Å². The number of hydrogen-bond donors (Lipinski definition) is 2. The number of nitrogens with one attached hydrogen (secondary N) is 1. The summed E-state index contributed by atoms with van der Waals surface area (Å²) in [5.41, 5.74) is 6.60. The van der Waals surface area contributed by atoms with Crippen LogP contribution in [0.1, 0.15) is 24.3 Å². The zero-order chi connectivity index (χ0) is 10.7. The quantitative estimate of drug-likeness (QED) is 0.840. The van der Waals surface area contributed by atoms with Crippen molar-refractivity contribution in [3.63, 3.8) is 0 Å². The molecule has 0 spiro atoms. The van der Waals surface area contributed by atoms with Gasteiger partial charge in [0, 0.05) is 6.04 Å². The Morgan fingerprint density at radius 3 is 2.50 bits per heavy atom. The van der Waals surface area contributed by atoms with Crippen LogP contribution in [0.4, 0.5) is 0 Å². The van der Waals surface area contributed by atoms with E-state index < -0.39 is 0 Å². The topological polar surface area (TPSA) is 55.1 Å². The van der Waals surface area contributed by atoms with Crippen molar-refractivity contribution in [3.05, 3.63) is 35.9 Å². The third-order valence-corrected chi connectivity index (χ3v) is 2.96. The molecule has 0 aliphatic heterocycles. The fourth-order valence-electron chi connectivity index (χ4n) is 2.02. The molecule has 3 nitrogen and oxygen atoms in total. The smallest absolute Gasteiger partial charge is 0.233 e. The van der Waals surface area contributed by atoms with Crippen LogP contribution in [0.5, 0.6) is 0 Å². The molecule has 0 atom stereocenters. The van der Waals surface area contributed by atoms with Gasteiger partial charge in [0.05, 0.1) is 6.54 Å². The van der Waals surface area contributed by atoms with Crippen molar-refractivity contribution in [2.75, 3.05) is 6.54 Å². The number of nitrogens with two attached hydrogens (primary N) is 1. The van der Waals surface area contributed by atoms with E-state index in [0.717, 1.165) is 12.8 Å². The minimum absolute atomic E-state index is 0. The van der Waals surface area contributed by atoms with Gasteiger partial charge in [0.2, 0.25) is 5.91 Å². The predicted octanol–water partition coefficient (Wildman–Crippen LogP) is 1.43. The molecule has 0 aromatic heterocycles. The van der Waals surface area contributed by atoms with Gasteiger partial charge in [0.25, 0.3) is 0 Å². The summed E-state index contributed by atoms with van der Waals surface area (Å²) in [6, 6.07) is 10.8. The van der Waals surface area contributed by atoms with Crippen molar-refractivity contribution in [2.45, 2.75) is 24.8 Å². The minimum Gasteiger partial charge on any atom is -0.352 e. The highest BCUT2D eigenvalue weighted by Gasteiger charge is 2.30. The molecule has 1 aromatic carbocycles. The van der Waals surface area contributed by atoms with Gasteiger partial charge in [0.1, 0.15) is 0 Å². The highest BCUT2D eigenvalue weighted by Crippen LogP contribution is 2.36. The normalized spacial score (nSPS) is 22.8. The molecule has 1 aliphatic rings. The van der Waals surface area contributed by atoms with Gasteiger partial charge in [0.15, 0.2) is 0 Å². The molecule has 1 aliphatic carbocycles. The Bertz CT molecular complexity index is 336. The fourth-order valence-corrected chi connectivity index (χ4v) is 2.02. The summed E-state index contributed by atoms with van der Waals surface area (Å²) in [6.45, 7) is 0.0898. The summed E-state index contributed by atoms with van der Waals surface area (Å²) in [5.74, 6) is 0.556. The van der Waals surface area contributed by atoms with Crippen LogP contribution < -0.4 is 11.1 Å². The number of benzene rings is 1. The van der Waals surface area contributed by atoms with E-state index in [9.17, 15) is 4.79 Å². The maximum absolute atomic E-state index is 11.0. The Balaban J connectivity index is 0.00000128. The van der Waals surface area contributed by atoms with Crippen LogP contribution in [0.2, 0.25) is 0 Å².